The molecule has 0 saturated heterocycles. The molecule has 2 rings (SSSR count). The van der Waals surface area contributed by atoms with Crippen molar-refractivity contribution in [3.05, 3.63) is 0 Å². The van der Waals surface area contributed by atoms with Gasteiger partial charge in [0.15, 0.2) is 0 Å². The quantitative estimate of drug-likeness (QED) is 0.776. The second-order valence-electron chi connectivity index (χ2n) is 6.60. The van der Waals surface area contributed by atoms with Crippen molar-refractivity contribution in [2.45, 2.75) is 52.4 Å². The summed E-state index contributed by atoms with van der Waals surface area (Å²) in [5, 5.41) is 12.2. The number of hydrogen-bond donors (Lipinski definition) is 2. The summed E-state index contributed by atoms with van der Waals surface area (Å²) in [5.74, 6) is -1.35. The van der Waals surface area contributed by atoms with Crippen molar-refractivity contribution in [3.8, 4) is 0 Å². The van der Waals surface area contributed by atoms with Gasteiger partial charge in [0.05, 0.1) is 11.8 Å². The minimum absolute atomic E-state index is 0.0425. The Balaban J connectivity index is 1.87. The molecule has 19 heavy (non-hydrogen) atoms. The molecule has 2 aliphatic rings. The smallest absolute Gasteiger partial charge is 0.307 e. The number of nitrogens with one attached hydrogen (secondary N) is 1. The molecule has 0 heterocycles. The number of carboxylic acids is 1. The summed E-state index contributed by atoms with van der Waals surface area (Å²) in [6.07, 6.45) is 6.05. The fourth-order valence-corrected chi connectivity index (χ4v) is 3.48. The van der Waals surface area contributed by atoms with Gasteiger partial charge in [-0.1, -0.05) is 20.3 Å². The van der Waals surface area contributed by atoms with Crippen LogP contribution in [-0.4, -0.2) is 23.5 Å². The highest BCUT2D eigenvalue weighted by Gasteiger charge is 2.44. The highest BCUT2D eigenvalue weighted by atomic mass is 16.4. The van der Waals surface area contributed by atoms with Crippen molar-refractivity contribution in [2.24, 2.45) is 23.2 Å². The summed E-state index contributed by atoms with van der Waals surface area (Å²) >= 11 is 0. The fraction of sp³-hybridized carbons (Fsp3) is 0.867. The minimum Gasteiger partial charge on any atom is -0.481 e. The first-order valence-corrected chi connectivity index (χ1v) is 7.48. The Bertz CT molecular complexity index is 362. The van der Waals surface area contributed by atoms with Crippen LogP contribution in [0.4, 0.5) is 0 Å². The van der Waals surface area contributed by atoms with Crippen molar-refractivity contribution in [1.29, 1.82) is 0 Å². The Labute approximate surface area is 115 Å². The summed E-state index contributed by atoms with van der Waals surface area (Å²) in [5.41, 5.74) is 0.327. The van der Waals surface area contributed by atoms with E-state index in [0.29, 0.717) is 24.2 Å². The summed E-state index contributed by atoms with van der Waals surface area (Å²) in [6, 6.07) is 0. The zero-order valence-corrected chi connectivity index (χ0v) is 11.9. The van der Waals surface area contributed by atoms with Gasteiger partial charge < -0.3 is 10.4 Å². The zero-order valence-electron chi connectivity index (χ0n) is 11.9. The van der Waals surface area contributed by atoms with Gasteiger partial charge in [0.1, 0.15) is 0 Å². The van der Waals surface area contributed by atoms with E-state index in [1.807, 2.05) is 6.92 Å². The number of carbonyl (C=O) groups is 2. The van der Waals surface area contributed by atoms with Gasteiger partial charge in [-0.3, -0.25) is 9.59 Å². The highest BCUT2D eigenvalue weighted by molar-refractivity contribution is 5.85. The van der Waals surface area contributed by atoms with Gasteiger partial charge in [-0.2, -0.15) is 0 Å². The summed E-state index contributed by atoms with van der Waals surface area (Å²) in [7, 11) is 0. The topological polar surface area (TPSA) is 66.4 Å². The maximum atomic E-state index is 12.2. The van der Waals surface area contributed by atoms with Crippen LogP contribution in [-0.2, 0) is 9.59 Å². The lowest BCUT2D eigenvalue weighted by Crippen LogP contribution is -2.38. The van der Waals surface area contributed by atoms with Gasteiger partial charge in [0.25, 0.3) is 0 Å². The number of rotatable bonds is 6. The predicted octanol–water partition coefficient (Wildman–Crippen LogP) is 2.43. The standard InChI is InChI=1S/C15H25NO3/c1-3-4-15(5-6-15)9-16-13(17)11-7-10(2)8-12(11)14(18)19/h10-12H,3-9H2,1-2H3,(H,16,17)(H,18,19)/t10?,11-,12+/m0/s1. The van der Waals surface area contributed by atoms with Crippen molar-refractivity contribution < 1.29 is 14.7 Å². The van der Waals surface area contributed by atoms with E-state index >= 15 is 0 Å². The van der Waals surface area contributed by atoms with E-state index in [-0.39, 0.29) is 11.8 Å². The Kier molecular flexibility index (Phi) is 4.16. The molecule has 2 N–H and O–H groups in total. The van der Waals surface area contributed by atoms with Crippen molar-refractivity contribution in [2.75, 3.05) is 6.54 Å². The Morgan fingerprint density at radius 2 is 1.89 bits per heavy atom. The second-order valence-corrected chi connectivity index (χ2v) is 6.60. The molecule has 0 spiro atoms. The molecule has 0 bridgehead atoms. The normalized spacial score (nSPS) is 32.0. The molecule has 108 valence electrons. The van der Waals surface area contributed by atoms with Crippen molar-refractivity contribution >= 4 is 11.9 Å². The molecule has 2 saturated carbocycles. The van der Waals surface area contributed by atoms with Gasteiger partial charge in [-0.25, -0.2) is 0 Å². The van der Waals surface area contributed by atoms with Crippen LogP contribution >= 0.6 is 0 Å². The lowest BCUT2D eigenvalue weighted by molar-refractivity contribution is -0.146. The van der Waals surface area contributed by atoms with Crippen LogP contribution in [0.3, 0.4) is 0 Å². The number of aliphatic carboxylic acids is 1. The lowest BCUT2D eigenvalue weighted by Gasteiger charge is -2.19. The number of hydrogen-bond acceptors (Lipinski definition) is 2. The largest absolute Gasteiger partial charge is 0.481 e. The van der Waals surface area contributed by atoms with Crippen LogP contribution in [0.5, 0.6) is 0 Å². The van der Waals surface area contributed by atoms with Gasteiger partial charge in [-0.05, 0) is 43.4 Å². The molecule has 2 aliphatic carbocycles. The molecular formula is C15H25NO3. The monoisotopic (exact) mass is 267 g/mol. The molecule has 0 aromatic heterocycles. The number of carboxylic acid groups (broad SMARTS) is 1. The molecular weight excluding hydrogens is 242 g/mol. The van der Waals surface area contributed by atoms with Crippen LogP contribution in [0.2, 0.25) is 0 Å². The third-order valence-electron chi connectivity index (χ3n) is 4.83. The van der Waals surface area contributed by atoms with Gasteiger partial charge >= 0.3 is 5.97 Å². The summed E-state index contributed by atoms with van der Waals surface area (Å²) < 4.78 is 0. The maximum Gasteiger partial charge on any atom is 0.307 e. The summed E-state index contributed by atoms with van der Waals surface area (Å²) in [4.78, 5) is 23.4. The van der Waals surface area contributed by atoms with Crippen LogP contribution in [0.15, 0.2) is 0 Å². The molecule has 0 aromatic rings. The molecule has 1 amide bonds. The molecule has 0 aromatic carbocycles. The SMILES string of the molecule is CCCC1(CNC(=O)[C@H]2CC(C)C[C@H]2C(=O)O)CC1. The van der Waals surface area contributed by atoms with E-state index in [2.05, 4.69) is 12.2 Å². The Morgan fingerprint density at radius 1 is 1.26 bits per heavy atom. The van der Waals surface area contributed by atoms with Gasteiger partial charge in [-0.15, -0.1) is 0 Å². The maximum absolute atomic E-state index is 12.2. The van der Waals surface area contributed by atoms with Crippen molar-refractivity contribution in [3.63, 3.8) is 0 Å². The molecule has 1 unspecified atom stereocenters. The highest BCUT2D eigenvalue weighted by Crippen LogP contribution is 2.49. The first kappa shape index (κ1) is 14.4. The first-order valence-electron chi connectivity index (χ1n) is 7.48. The van der Waals surface area contributed by atoms with Crippen LogP contribution in [0.25, 0.3) is 0 Å². The van der Waals surface area contributed by atoms with E-state index in [1.165, 1.54) is 12.8 Å². The van der Waals surface area contributed by atoms with E-state index < -0.39 is 11.9 Å². The third-order valence-corrected chi connectivity index (χ3v) is 4.83. The molecule has 4 heteroatoms. The molecule has 3 atom stereocenters. The second kappa shape index (κ2) is 5.51. The Morgan fingerprint density at radius 3 is 2.42 bits per heavy atom. The average molecular weight is 267 g/mol. The first-order chi connectivity index (χ1) is 8.97. The number of carbonyl (C=O) groups excluding carboxylic acids is 1. The van der Waals surface area contributed by atoms with Gasteiger partial charge in [0, 0.05) is 6.54 Å². The fourth-order valence-electron chi connectivity index (χ4n) is 3.48. The summed E-state index contributed by atoms with van der Waals surface area (Å²) in [6.45, 7) is 4.93. The van der Waals surface area contributed by atoms with Gasteiger partial charge in [0.2, 0.25) is 5.91 Å². The molecule has 4 nitrogen and oxygen atoms in total. The van der Waals surface area contributed by atoms with E-state index in [4.69, 9.17) is 0 Å². The molecule has 2 fully saturated rings. The molecule has 0 aliphatic heterocycles. The predicted molar refractivity (Wildman–Crippen MR) is 72.6 cm³/mol. The van der Waals surface area contributed by atoms with E-state index in [1.54, 1.807) is 0 Å². The zero-order chi connectivity index (χ0) is 14.0. The van der Waals surface area contributed by atoms with Crippen LogP contribution < -0.4 is 5.32 Å². The molecule has 0 radical (unpaired) electrons. The Hall–Kier alpha value is -1.06. The van der Waals surface area contributed by atoms with E-state index in [9.17, 15) is 14.7 Å². The van der Waals surface area contributed by atoms with E-state index in [0.717, 1.165) is 19.4 Å². The minimum atomic E-state index is -0.820. The number of amides is 1. The lowest BCUT2D eigenvalue weighted by atomic mass is 9.94. The van der Waals surface area contributed by atoms with Crippen LogP contribution in [0, 0.1) is 23.2 Å². The third kappa shape index (κ3) is 3.28. The van der Waals surface area contributed by atoms with Crippen LogP contribution in [0.1, 0.15) is 52.4 Å². The average Bonchev–Trinajstić information content (AvgIpc) is 3.00. The van der Waals surface area contributed by atoms with Crippen molar-refractivity contribution in [1.82, 2.24) is 5.32 Å².